The number of thioether (sulfide) groups is 1. The van der Waals surface area contributed by atoms with Crippen molar-refractivity contribution in [2.24, 2.45) is 0 Å². The van der Waals surface area contributed by atoms with Crippen LogP contribution in [0.1, 0.15) is 25.7 Å². The summed E-state index contributed by atoms with van der Waals surface area (Å²) in [5.41, 5.74) is 0. The van der Waals surface area contributed by atoms with E-state index in [1.807, 2.05) is 11.8 Å². The second-order valence-electron chi connectivity index (χ2n) is 4.69. The van der Waals surface area contributed by atoms with Gasteiger partial charge in [-0.2, -0.15) is 0 Å². The molecule has 1 N–H and O–H groups in total. The quantitative estimate of drug-likeness (QED) is 0.575. The van der Waals surface area contributed by atoms with Crippen LogP contribution < -0.4 is 5.32 Å². The van der Waals surface area contributed by atoms with Gasteiger partial charge in [0.1, 0.15) is 0 Å². The highest BCUT2D eigenvalue weighted by atomic mass is 32.2. The molecule has 1 aliphatic rings. The highest BCUT2D eigenvalue weighted by Gasteiger charge is 2.14. The molecule has 2 rings (SSSR count). The first-order chi connectivity index (χ1) is 8.95. The molecule has 1 atom stereocenters. The summed E-state index contributed by atoms with van der Waals surface area (Å²) in [6.45, 7) is 3.19. The van der Waals surface area contributed by atoms with Gasteiger partial charge in [0.2, 0.25) is 0 Å². The number of rotatable bonds is 8. The normalized spacial score (nSPS) is 19.2. The van der Waals surface area contributed by atoms with Gasteiger partial charge in [-0.25, -0.2) is 0 Å². The molecule has 1 saturated heterocycles. The molecule has 0 aromatic heterocycles. The van der Waals surface area contributed by atoms with Crippen molar-refractivity contribution < 1.29 is 4.74 Å². The monoisotopic (exact) mass is 265 g/mol. The number of benzene rings is 1. The molecule has 1 aromatic carbocycles. The minimum absolute atomic E-state index is 0.547. The van der Waals surface area contributed by atoms with Crippen LogP contribution in [0.2, 0.25) is 0 Å². The third kappa shape index (κ3) is 5.42. The zero-order chi connectivity index (χ0) is 12.5. The minimum atomic E-state index is 0.547. The van der Waals surface area contributed by atoms with Crippen molar-refractivity contribution in [1.29, 1.82) is 0 Å². The lowest BCUT2D eigenvalue weighted by atomic mass is 10.1. The van der Waals surface area contributed by atoms with Crippen LogP contribution in [0.25, 0.3) is 0 Å². The zero-order valence-corrected chi connectivity index (χ0v) is 11.8. The third-order valence-corrected chi connectivity index (χ3v) is 4.21. The summed E-state index contributed by atoms with van der Waals surface area (Å²) < 4.78 is 5.61. The molecule has 18 heavy (non-hydrogen) atoms. The van der Waals surface area contributed by atoms with Crippen molar-refractivity contribution in [2.45, 2.75) is 36.7 Å². The van der Waals surface area contributed by atoms with Crippen LogP contribution in [0.4, 0.5) is 0 Å². The van der Waals surface area contributed by atoms with Crippen molar-refractivity contribution in [2.75, 3.05) is 25.4 Å². The fraction of sp³-hybridized carbons (Fsp3) is 0.600. The third-order valence-electron chi connectivity index (χ3n) is 3.19. The first-order valence-electron chi connectivity index (χ1n) is 6.95. The molecule has 1 aliphatic heterocycles. The lowest BCUT2D eigenvalue weighted by molar-refractivity contribution is 0.102. The lowest BCUT2D eigenvalue weighted by Gasteiger charge is -2.09. The van der Waals surface area contributed by atoms with Gasteiger partial charge in [0.25, 0.3) is 0 Å². The average Bonchev–Trinajstić information content (AvgIpc) is 2.92. The molecule has 0 bridgehead atoms. The van der Waals surface area contributed by atoms with Crippen molar-refractivity contribution in [3.8, 4) is 0 Å². The summed E-state index contributed by atoms with van der Waals surface area (Å²) in [6.07, 6.45) is 5.53. The Bertz CT molecular complexity index is 312. The Hall–Kier alpha value is -0.510. The first kappa shape index (κ1) is 13.9. The SMILES string of the molecule is c1ccc(SCCNCCCC2CCCO2)cc1. The molecule has 1 aromatic rings. The molecule has 1 heterocycles. The molecular weight excluding hydrogens is 242 g/mol. The Morgan fingerprint density at radius 3 is 2.89 bits per heavy atom. The lowest BCUT2D eigenvalue weighted by Crippen LogP contribution is -2.19. The van der Waals surface area contributed by atoms with Gasteiger partial charge in [0, 0.05) is 23.8 Å². The Labute approximate surface area is 114 Å². The Balaban J connectivity index is 1.42. The fourth-order valence-electron chi connectivity index (χ4n) is 2.21. The topological polar surface area (TPSA) is 21.3 Å². The zero-order valence-electron chi connectivity index (χ0n) is 10.9. The molecule has 1 unspecified atom stereocenters. The fourth-order valence-corrected chi connectivity index (χ4v) is 3.04. The second kappa shape index (κ2) is 8.57. The van der Waals surface area contributed by atoms with Crippen LogP contribution >= 0.6 is 11.8 Å². The van der Waals surface area contributed by atoms with E-state index in [2.05, 4.69) is 35.6 Å². The van der Waals surface area contributed by atoms with E-state index in [4.69, 9.17) is 4.74 Å². The van der Waals surface area contributed by atoms with E-state index in [0.717, 1.165) is 25.4 Å². The Morgan fingerprint density at radius 1 is 1.22 bits per heavy atom. The predicted molar refractivity (Wildman–Crippen MR) is 78.2 cm³/mol. The number of hydrogen-bond donors (Lipinski definition) is 1. The van der Waals surface area contributed by atoms with E-state index in [-0.39, 0.29) is 0 Å². The number of ether oxygens (including phenoxy) is 1. The van der Waals surface area contributed by atoms with Crippen LogP contribution in [-0.4, -0.2) is 31.6 Å². The van der Waals surface area contributed by atoms with Crippen LogP contribution in [0.3, 0.4) is 0 Å². The average molecular weight is 265 g/mol. The summed E-state index contributed by atoms with van der Waals surface area (Å²) in [6, 6.07) is 10.6. The van der Waals surface area contributed by atoms with Crippen molar-refractivity contribution in [3.05, 3.63) is 30.3 Å². The van der Waals surface area contributed by atoms with Gasteiger partial charge in [-0.3, -0.25) is 0 Å². The maximum Gasteiger partial charge on any atom is 0.0576 e. The summed E-state index contributed by atoms with van der Waals surface area (Å²) >= 11 is 1.92. The maximum absolute atomic E-state index is 5.61. The Morgan fingerprint density at radius 2 is 2.11 bits per heavy atom. The van der Waals surface area contributed by atoms with E-state index < -0.39 is 0 Å². The standard InChI is InChI=1S/C15H23NOS/c1-2-8-15(9-3-1)18-13-11-16-10-4-6-14-7-5-12-17-14/h1-3,8-9,14,16H,4-7,10-13H2. The molecule has 0 spiro atoms. The highest BCUT2D eigenvalue weighted by molar-refractivity contribution is 7.99. The molecule has 0 radical (unpaired) electrons. The van der Waals surface area contributed by atoms with Crippen LogP contribution in [0, 0.1) is 0 Å². The van der Waals surface area contributed by atoms with E-state index >= 15 is 0 Å². The summed E-state index contributed by atoms with van der Waals surface area (Å²) in [4.78, 5) is 1.36. The van der Waals surface area contributed by atoms with Crippen LogP contribution in [0.5, 0.6) is 0 Å². The second-order valence-corrected chi connectivity index (χ2v) is 5.86. The van der Waals surface area contributed by atoms with Crippen molar-refractivity contribution in [1.82, 2.24) is 5.32 Å². The van der Waals surface area contributed by atoms with Gasteiger partial charge in [-0.05, 0) is 44.4 Å². The van der Waals surface area contributed by atoms with Gasteiger partial charge >= 0.3 is 0 Å². The smallest absolute Gasteiger partial charge is 0.0576 e. The largest absolute Gasteiger partial charge is 0.378 e. The number of hydrogen-bond acceptors (Lipinski definition) is 3. The molecule has 1 fully saturated rings. The molecular formula is C15H23NOS. The number of nitrogens with one attached hydrogen (secondary N) is 1. The molecule has 2 nitrogen and oxygen atoms in total. The van der Waals surface area contributed by atoms with Gasteiger partial charge in [-0.15, -0.1) is 11.8 Å². The molecule has 3 heteroatoms. The predicted octanol–water partition coefficient (Wildman–Crippen LogP) is 3.33. The molecule has 0 saturated carbocycles. The molecule has 0 amide bonds. The summed E-state index contributed by atoms with van der Waals surface area (Å²) in [5.74, 6) is 1.14. The van der Waals surface area contributed by atoms with Crippen LogP contribution in [0.15, 0.2) is 35.2 Å². The van der Waals surface area contributed by atoms with Gasteiger partial charge in [-0.1, -0.05) is 18.2 Å². The summed E-state index contributed by atoms with van der Waals surface area (Å²) in [5, 5.41) is 3.50. The summed E-state index contributed by atoms with van der Waals surface area (Å²) in [7, 11) is 0. The van der Waals surface area contributed by atoms with E-state index in [9.17, 15) is 0 Å². The van der Waals surface area contributed by atoms with Gasteiger partial charge in [0.05, 0.1) is 6.10 Å². The van der Waals surface area contributed by atoms with E-state index in [0.29, 0.717) is 6.10 Å². The molecule has 100 valence electrons. The van der Waals surface area contributed by atoms with Gasteiger partial charge < -0.3 is 10.1 Å². The van der Waals surface area contributed by atoms with Gasteiger partial charge in [0.15, 0.2) is 0 Å². The minimum Gasteiger partial charge on any atom is -0.378 e. The Kier molecular flexibility index (Phi) is 6.62. The van der Waals surface area contributed by atoms with Crippen molar-refractivity contribution in [3.63, 3.8) is 0 Å². The maximum atomic E-state index is 5.61. The van der Waals surface area contributed by atoms with E-state index in [1.165, 1.54) is 30.6 Å². The van der Waals surface area contributed by atoms with Crippen molar-refractivity contribution >= 4 is 11.8 Å². The first-order valence-corrected chi connectivity index (χ1v) is 7.94. The van der Waals surface area contributed by atoms with Crippen LogP contribution in [-0.2, 0) is 4.74 Å². The molecule has 0 aliphatic carbocycles. The highest BCUT2D eigenvalue weighted by Crippen LogP contribution is 2.17. The van der Waals surface area contributed by atoms with E-state index in [1.54, 1.807) is 0 Å².